The number of phenolic OH excluding ortho intramolecular Hbond substituents is 1. The molecule has 19 heavy (non-hydrogen) atoms. The van der Waals surface area contributed by atoms with Crippen LogP contribution in [0.4, 0.5) is 0 Å². The Morgan fingerprint density at radius 1 is 1.37 bits per heavy atom. The number of benzene rings is 1. The number of fused-ring (bicyclic) bond motifs is 1. The second kappa shape index (κ2) is 4.93. The molecular weight excluding hydrogens is 246 g/mol. The van der Waals surface area contributed by atoms with Crippen molar-refractivity contribution in [1.82, 2.24) is 4.57 Å². The summed E-state index contributed by atoms with van der Waals surface area (Å²) in [6, 6.07) is 6.79. The van der Waals surface area contributed by atoms with E-state index in [1.54, 1.807) is 18.2 Å². The average Bonchev–Trinajstić information content (AvgIpc) is 2.77. The minimum Gasteiger partial charge on any atom is -0.507 e. The van der Waals surface area contributed by atoms with Crippen LogP contribution in [0.15, 0.2) is 24.3 Å². The van der Waals surface area contributed by atoms with Crippen molar-refractivity contribution in [3.63, 3.8) is 0 Å². The molecule has 1 atom stereocenters. The Kier molecular flexibility index (Phi) is 3.48. The van der Waals surface area contributed by atoms with E-state index in [1.807, 2.05) is 24.5 Å². The first-order chi connectivity index (χ1) is 8.97. The van der Waals surface area contributed by atoms with Crippen molar-refractivity contribution >= 4 is 16.9 Å². The molecule has 5 nitrogen and oxygen atoms in total. The SMILES string of the molecule is COC(=O)C(O)c1cc2c(O)cccc2n1C(C)C. The van der Waals surface area contributed by atoms with Gasteiger partial charge in [-0.3, -0.25) is 0 Å². The van der Waals surface area contributed by atoms with Gasteiger partial charge in [-0.15, -0.1) is 0 Å². The Balaban J connectivity index is 2.70. The van der Waals surface area contributed by atoms with Crippen LogP contribution in [0.5, 0.6) is 5.75 Å². The number of rotatable bonds is 3. The summed E-state index contributed by atoms with van der Waals surface area (Å²) in [5.41, 5.74) is 1.19. The van der Waals surface area contributed by atoms with Gasteiger partial charge in [0.05, 0.1) is 18.3 Å². The summed E-state index contributed by atoms with van der Waals surface area (Å²) >= 11 is 0. The van der Waals surface area contributed by atoms with Gasteiger partial charge in [0.15, 0.2) is 6.10 Å². The lowest BCUT2D eigenvalue weighted by molar-refractivity contribution is -0.151. The number of nitrogens with zero attached hydrogens (tertiary/aromatic N) is 1. The molecule has 0 aliphatic heterocycles. The zero-order chi connectivity index (χ0) is 14.2. The number of methoxy groups -OCH3 is 1. The normalized spacial score (nSPS) is 12.9. The number of aromatic hydroxyl groups is 1. The molecule has 0 radical (unpaired) electrons. The summed E-state index contributed by atoms with van der Waals surface area (Å²) in [5, 5.41) is 20.5. The van der Waals surface area contributed by atoms with Gasteiger partial charge in [-0.25, -0.2) is 4.79 Å². The van der Waals surface area contributed by atoms with E-state index in [0.717, 1.165) is 5.52 Å². The standard InChI is InChI=1S/C14H17NO4/c1-8(2)15-10-5-4-6-12(16)9(10)7-11(15)13(17)14(18)19-3/h4-8,13,16-17H,1-3H3. The number of esters is 1. The van der Waals surface area contributed by atoms with Gasteiger partial charge in [0.25, 0.3) is 0 Å². The van der Waals surface area contributed by atoms with E-state index in [2.05, 4.69) is 4.74 Å². The van der Waals surface area contributed by atoms with Crippen LogP contribution in [0.3, 0.4) is 0 Å². The molecule has 5 heteroatoms. The van der Waals surface area contributed by atoms with Crippen molar-refractivity contribution in [2.45, 2.75) is 26.0 Å². The number of phenols is 1. The van der Waals surface area contributed by atoms with E-state index >= 15 is 0 Å². The second-order valence-corrected chi connectivity index (χ2v) is 4.67. The Morgan fingerprint density at radius 3 is 2.63 bits per heavy atom. The fourth-order valence-corrected chi connectivity index (χ4v) is 2.28. The van der Waals surface area contributed by atoms with E-state index in [9.17, 15) is 15.0 Å². The third kappa shape index (κ3) is 2.17. The molecule has 0 aliphatic rings. The van der Waals surface area contributed by atoms with E-state index in [-0.39, 0.29) is 11.8 Å². The minimum absolute atomic E-state index is 0.0357. The Bertz CT molecular complexity index is 615. The summed E-state index contributed by atoms with van der Waals surface area (Å²) in [6.07, 6.45) is -1.36. The smallest absolute Gasteiger partial charge is 0.340 e. The van der Waals surface area contributed by atoms with Gasteiger partial charge in [-0.05, 0) is 32.0 Å². The number of carbonyl (C=O) groups excluding carboxylic acids is 1. The molecular formula is C14H17NO4. The zero-order valence-corrected chi connectivity index (χ0v) is 11.1. The highest BCUT2D eigenvalue weighted by atomic mass is 16.5. The first-order valence-electron chi connectivity index (χ1n) is 6.06. The molecule has 1 aromatic heterocycles. The number of aromatic nitrogens is 1. The molecule has 102 valence electrons. The maximum atomic E-state index is 11.5. The van der Waals surface area contributed by atoms with Crippen LogP contribution in [0.2, 0.25) is 0 Å². The van der Waals surface area contributed by atoms with E-state index < -0.39 is 12.1 Å². The molecule has 0 aliphatic carbocycles. The molecule has 1 heterocycles. The third-order valence-corrected chi connectivity index (χ3v) is 3.11. The summed E-state index contributed by atoms with van der Waals surface area (Å²) in [4.78, 5) is 11.5. The lowest BCUT2D eigenvalue weighted by Gasteiger charge is -2.17. The lowest BCUT2D eigenvalue weighted by atomic mass is 10.2. The monoisotopic (exact) mass is 263 g/mol. The van der Waals surface area contributed by atoms with Gasteiger partial charge in [0.2, 0.25) is 0 Å². The molecule has 0 saturated heterocycles. The summed E-state index contributed by atoms with van der Waals surface area (Å²) < 4.78 is 6.38. The third-order valence-electron chi connectivity index (χ3n) is 3.11. The second-order valence-electron chi connectivity index (χ2n) is 4.67. The maximum Gasteiger partial charge on any atom is 0.340 e. The molecule has 1 unspecified atom stereocenters. The molecule has 0 bridgehead atoms. The van der Waals surface area contributed by atoms with Crippen molar-refractivity contribution in [1.29, 1.82) is 0 Å². The van der Waals surface area contributed by atoms with Crippen molar-refractivity contribution < 1.29 is 19.7 Å². The van der Waals surface area contributed by atoms with Gasteiger partial charge in [-0.2, -0.15) is 0 Å². The Morgan fingerprint density at radius 2 is 2.05 bits per heavy atom. The lowest BCUT2D eigenvalue weighted by Crippen LogP contribution is -2.18. The Hall–Kier alpha value is -2.01. The largest absolute Gasteiger partial charge is 0.507 e. The van der Waals surface area contributed by atoms with Crippen LogP contribution in [-0.4, -0.2) is 27.9 Å². The van der Waals surface area contributed by atoms with Crippen LogP contribution in [0, 0.1) is 0 Å². The fourth-order valence-electron chi connectivity index (χ4n) is 2.28. The van der Waals surface area contributed by atoms with Crippen molar-refractivity contribution in [3.05, 3.63) is 30.0 Å². The average molecular weight is 263 g/mol. The minimum atomic E-state index is -1.36. The van der Waals surface area contributed by atoms with Crippen molar-refractivity contribution in [2.75, 3.05) is 7.11 Å². The molecule has 0 fully saturated rings. The van der Waals surface area contributed by atoms with Crippen LogP contribution in [0.25, 0.3) is 10.9 Å². The van der Waals surface area contributed by atoms with Gasteiger partial charge in [0.1, 0.15) is 5.75 Å². The molecule has 0 spiro atoms. The molecule has 2 aromatic rings. The first kappa shape index (κ1) is 13.4. The highest BCUT2D eigenvalue weighted by Gasteiger charge is 2.25. The van der Waals surface area contributed by atoms with Gasteiger partial charge in [-0.1, -0.05) is 6.07 Å². The van der Waals surface area contributed by atoms with Crippen molar-refractivity contribution in [3.8, 4) is 5.75 Å². The summed E-state index contributed by atoms with van der Waals surface area (Å²) in [6.45, 7) is 3.88. The quantitative estimate of drug-likeness (QED) is 0.832. The van der Waals surface area contributed by atoms with Crippen molar-refractivity contribution in [2.24, 2.45) is 0 Å². The topological polar surface area (TPSA) is 71.7 Å². The molecule has 1 aromatic carbocycles. The molecule has 2 rings (SSSR count). The molecule has 0 saturated carbocycles. The van der Waals surface area contributed by atoms with E-state index in [0.29, 0.717) is 11.1 Å². The predicted octanol–water partition coefficient (Wildman–Crippen LogP) is 2.13. The maximum absolute atomic E-state index is 11.5. The molecule has 2 N–H and O–H groups in total. The van der Waals surface area contributed by atoms with Gasteiger partial charge in [0, 0.05) is 11.4 Å². The first-order valence-corrected chi connectivity index (χ1v) is 6.06. The number of aliphatic hydroxyl groups is 1. The van der Waals surface area contributed by atoms with Crippen LogP contribution in [-0.2, 0) is 9.53 Å². The Labute approximate surface area is 111 Å². The van der Waals surface area contributed by atoms with Gasteiger partial charge < -0.3 is 19.5 Å². The summed E-state index contributed by atoms with van der Waals surface area (Å²) in [7, 11) is 1.23. The number of hydrogen-bond donors (Lipinski definition) is 2. The predicted molar refractivity (Wildman–Crippen MR) is 71.0 cm³/mol. The zero-order valence-electron chi connectivity index (χ0n) is 11.1. The highest BCUT2D eigenvalue weighted by molar-refractivity contribution is 5.89. The number of carbonyl (C=O) groups is 1. The van der Waals surface area contributed by atoms with Gasteiger partial charge >= 0.3 is 5.97 Å². The van der Waals surface area contributed by atoms with Crippen LogP contribution in [0.1, 0.15) is 31.7 Å². The number of ether oxygens (including phenoxy) is 1. The molecule has 0 amide bonds. The fraction of sp³-hybridized carbons (Fsp3) is 0.357. The van der Waals surface area contributed by atoms with Crippen LogP contribution < -0.4 is 0 Å². The number of aliphatic hydroxyl groups excluding tert-OH is 1. The van der Waals surface area contributed by atoms with E-state index in [1.165, 1.54) is 7.11 Å². The summed E-state index contributed by atoms with van der Waals surface area (Å²) in [5.74, 6) is -0.598. The van der Waals surface area contributed by atoms with E-state index in [4.69, 9.17) is 0 Å². The van der Waals surface area contributed by atoms with Crippen LogP contribution >= 0.6 is 0 Å². The number of hydrogen-bond acceptors (Lipinski definition) is 4. The highest BCUT2D eigenvalue weighted by Crippen LogP contribution is 2.33.